The molecule has 2 rings (SSSR count). The molecule has 0 aliphatic carbocycles. The third-order valence-corrected chi connectivity index (χ3v) is 2.86. The van der Waals surface area contributed by atoms with Crippen molar-refractivity contribution in [1.29, 1.82) is 0 Å². The number of nitrogens with two attached hydrogens (primary N) is 3. The van der Waals surface area contributed by atoms with Crippen LogP contribution >= 0.6 is 0 Å². The van der Waals surface area contributed by atoms with E-state index in [1.165, 1.54) is 0 Å². The Labute approximate surface area is 112 Å². The summed E-state index contributed by atoms with van der Waals surface area (Å²) in [5.74, 6) is 0. The number of hydrogen-bond donors (Lipinski definition) is 5. The molecule has 19 heavy (non-hydrogen) atoms. The van der Waals surface area contributed by atoms with Crippen LogP contribution in [0.3, 0.4) is 0 Å². The van der Waals surface area contributed by atoms with E-state index in [9.17, 15) is 0 Å². The molecule has 0 saturated carbocycles. The van der Waals surface area contributed by atoms with Gasteiger partial charge in [0.15, 0.2) is 0 Å². The van der Waals surface area contributed by atoms with Gasteiger partial charge in [0.05, 0.1) is 6.61 Å². The van der Waals surface area contributed by atoms with Crippen molar-refractivity contribution in [1.82, 2.24) is 0 Å². The number of hydrogen-bond acceptors (Lipinski definition) is 5. The molecule has 5 heteroatoms. The molecule has 0 atom stereocenters. The summed E-state index contributed by atoms with van der Waals surface area (Å²) in [5, 5.41) is 11.9. The maximum Gasteiger partial charge on any atom is 0.0604 e. The van der Waals surface area contributed by atoms with Crippen LogP contribution in [-0.4, -0.2) is 18.3 Å². The number of rotatable bonds is 4. The van der Waals surface area contributed by atoms with Crippen molar-refractivity contribution in [2.45, 2.75) is 0 Å². The summed E-state index contributed by atoms with van der Waals surface area (Å²) in [5.41, 5.74) is 22.2. The van der Waals surface area contributed by atoms with Crippen molar-refractivity contribution in [2.24, 2.45) is 0 Å². The number of nitrogen functional groups attached to an aromatic ring is 3. The SMILES string of the molecule is Nc1ccc(N)c(-c2cc(NCCO)ccc2N)c1. The number of anilines is 4. The van der Waals surface area contributed by atoms with E-state index in [1.54, 1.807) is 24.3 Å². The topological polar surface area (TPSA) is 110 Å². The van der Waals surface area contributed by atoms with Crippen molar-refractivity contribution >= 4 is 22.7 Å². The third-order valence-electron chi connectivity index (χ3n) is 2.86. The monoisotopic (exact) mass is 258 g/mol. The van der Waals surface area contributed by atoms with Gasteiger partial charge in [-0.2, -0.15) is 0 Å². The van der Waals surface area contributed by atoms with Gasteiger partial charge < -0.3 is 27.6 Å². The minimum Gasteiger partial charge on any atom is -0.399 e. The Kier molecular flexibility index (Phi) is 3.77. The molecule has 0 spiro atoms. The fourth-order valence-electron chi connectivity index (χ4n) is 1.91. The van der Waals surface area contributed by atoms with Crippen LogP contribution in [0.2, 0.25) is 0 Å². The first-order valence-corrected chi connectivity index (χ1v) is 6.01. The van der Waals surface area contributed by atoms with E-state index in [4.69, 9.17) is 22.3 Å². The molecule has 0 fully saturated rings. The number of nitrogens with one attached hydrogen (secondary N) is 1. The molecule has 8 N–H and O–H groups in total. The first-order chi connectivity index (χ1) is 9.11. The first-order valence-electron chi connectivity index (χ1n) is 6.01. The van der Waals surface area contributed by atoms with Gasteiger partial charge in [-0.1, -0.05) is 0 Å². The molecule has 0 bridgehead atoms. The molecule has 0 aromatic heterocycles. The first kappa shape index (κ1) is 13.0. The Morgan fingerprint density at radius 3 is 2.21 bits per heavy atom. The van der Waals surface area contributed by atoms with Gasteiger partial charge in [-0.15, -0.1) is 0 Å². The van der Waals surface area contributed by atoms with Gasteiger partial charge in [-0.25, -0.2) is 0 Å². The van der Waals surface area contributed by atoms with Crippen molar-refractivity contribution in [2.75, 3.05) is 35.7 Å². The zero-order chi connectivity index (χ0) is 13.8. The van der Waals surface area contributed by atoms with Crippen LogP contribution in [0.15, 0.2) is 36.4 Å². The summed E-state index contributed by atoms with van der Waals surface area (Å²) in [6.07, 6.45) is 0. The molecule has 2 aromatic carbocycles. The largest absolute Gasteiger partial charge is 0.399 e. The second-order valence-electron chi connectivity index (χ2n) is 4.30. The van der Waals surface area contributed by atoms with Gasteiger partial charge in [0.25, 0.3) is 0 Å². The highest BCUT2D eigenvalue weighted by atomic mass is 16.3. The van der Waals surface area contributed by atoms with Gasteiger partial charge >= 0.3 is 0 Å². The highest BCUT2D eigenvalue weighted by molar-refractivity contribution is 5.87. The number of aliphatic hydroxyl groups excluding tert-OH is 1. The van der Waals surface area contributed by atoms with Gasteiger partial charge in [-0.05, 0) is 36.4 Å². The fourth-order valence-corrected chi connectivity index (χ4v) is 1.91. The zero-order valence-corrected chi connectivity index (χ0v) is 10.6. The van der Waals surface area contributed by atoms with Crippen LogP contribution < -0.4 is 22.5 Å². The van der Waals surface area contributed by atoms with E-state index in [2.05, 4.69) is 5.32 Å². The second-order valence-corrected chi connectivity index (χ2v) is 4.30. The molecule has 0 radical (unpaired) electrons. The van der Waals surface area contributed by atoms with E-state index >= 15 is 0 Å². The quantitative estimate of drug-likeness (QED) is 0.534. The lowest BCUT2D eigenvalue weighted by molar-refractivity contribution is 0.311. The summed E-state index contributed by atoms with van der Waals surface area (Å²) in [7, 11) is 0. The van der Waals surface area contributed by atoms with Crippen LogP contribution in [0.25, 0.3) is 11.1 Å². The van der Waals surface area contributed by atoms with E-state index in [0.717, 1.165) is 16.8 Å². The van der Waals surface area contributed by atoms with Crippen molar-refractivity contribution in [3.05, 3.63) is 36.4 Å². The van der Waals surface area contributed by atoms with Crippen LogP contribution in [0.5, 0.6) is 0 Å². The molecule has 2 aromatic rings. The lowest BCUT2D eigenvalue weighted by Crippen LogP contribution is -2.06. The minimum atomic E-state index is 0.0696. The normalized spacial score (nSPS) is 10.4. The van der Waals surface area contributed by atoms with Gasteiger partial charge in [-0.3, -0.25) is 0 Å². The summed E-state index contributed by atoms with van der Waals surface area (Å²) in [4.78, 5) is 0. The summed E-state index contributed by atoms with van der Waals surface area (Å²) < 4.78 is 0. The molecular weight excluding hydrogens is 240 g/mol. The van der Waals surface area contributed by atoms with Crippen molar-refractivity contribution in [3.63, 3.8) is 0 Å². The predicted molar refractivity (Wildman–Crippen MR) is 80.7 cm³/mol. The summed E-state index contributed by atoms with van der Waals surface area (Å²) in [6.45, 7) is 0.551. The average Bonchev–Trinajstić information content (AvgIpc) is 2.41. The Hall–Kier alpha value is -2.40. The highest BCUT2D eigenvalue weighted by Crippen LogP contribution is 2.34. The smallest absolute Gasteiger partial charge is 0.0604 e. The van der Waals surface area contributed by atoms with E-state index in [1.807, 2.05) is 12.1 Å². The van der Waals surface area contributed by atoms with Crippen LogP contribution in [-0.2, 0) is 0 Å². The molecule has 0 amide bonds. The molecule has 0 heterocycles. The number of aliphatic hydroxyl groups is 1. The molecule has 0 unspecified atom stereocenters. The minimum absolute atomic E-state index is 0.0696. The molecule has 0 aliphatic heterocycles. The van der Waals surface area contributed by atoms with Crippen molar-refractivity contribution in [3.8, 4) is 11.1 Å². The maximum atomic E-state index is 8.83. The van der Waals surface area contributed by atoms with Crippen molar-refractivity contribution < 1.29 is 5.11 Å². The molecule has 0 saturated heterocycles. The lowest BCUT2D eigenvalue weighted by atomic mass is 10.0. The van der Waals surface area contributed by atoms with Gasteiger partial charge in [0.2, 0.25) is 0 Å². The van der Waals surface area contributed by atoms with Gasteiger partial charge in [0.1, 0.15) is 0 Å². The molecule has 5 nitrogen and oxygen atoms in total. The zero-order valence-electron chi connectivity index (χ0n) is 10.6. The molecule has 0 aliphatic rings. The number of benzene rings is 2. The lowest BCUT2D eigenvalue weighted by Gasteiger charge is -2.12. The fraction of sp³-hybridized carbons (Fsp3) is 0.143. The Morgan fingerprint density at radius 2 is 1.53 bits per heavy atom. The van der Waals surface area contributed by atoms with E-state index < -0.39 is 0 Å². The van der Waals surface area contributed by atoms with E-state index in [0.29, 0.717) is 23.6 Å². The summed E-state index contributed by atoms with van der Waals surface area (Å²) in [6, 6.07) is 10.9. The highest BCUT2D eigenvalue weighted by Gasteiger charge is 2.08. The predicted octanol–water partition coefficient (Wildman–Crippen LogP) is 1.50. The van der Waals surface area contributed by atoms with Gasteiger partial charge in [0, 0.05) is 40.4 Å². The summed E-state index contributed by atoms with van der Waals surface area (Å²) >= 11 is 0. The Bertz CT molecular complexity index is 584. The second kappa shape index (κ2) is 5.49. The molecule has 100 valence electrons. The molecular formula is C14H18N4O. The van der Waals surface area contributed by atoms with Crippen LogP contribution in [0.1, 0.15) is 0 Å². The van der Waals surface area contributed by atoms with Crippen LogP contribution in [0, 0.1) is 0 Å². The third kappa shape index (κ3) is 2.89. The Morgan fingerprint density at radius 1 is 0.895 bits per heavy atom. The Balaban J connectivity index is 2.45. The maximum absolute atomic E-state index is 8.83. The average molecular weight is 258 g/mol. The standard InChI is InChI=1S/C14H18N4O/c15-9-1-3-13(16)11(7-9)12-8-10(18-5-6-19)2-4-14(12)17/h1-4,7-8,18-19H,5-6,15-17H2. The van der Waals surface area contributed by atoms with Crippen LogP contribution in [0.4, 0.5) is 22.7 Å². The van der Waals surface area contributed by atoms with E-state index in [-0.39, 0.29) is 6.61 Å².